The summed E-state index contributed by atoms with van der Waals surface area (Å²) >= 11 is 0. The van der Waals surface area contributed by atoms with Gasteiger partial charge in [0.25, 0.3) is 10.0 Å². The Hall–Kier alpha value is -1.86. The van der Waals surface area contributed by atoms with Crippen LogP contribution in [0.25, 0.3) is 0 Å². The maximum Gasteiger partial charge on any atom is 0.265 e. The minimum absolute atomic E-state index is 0.147. The van der Waals surface area contributed by atoms with Gasteiger partial charge in [0.05, 0.1) is 6.20 Å². The van der Waals surface area contributed by atoms with E-state index in [1.54, 1.807) is 28.9 Å². The molecule has 0 aliphatic heterocycles. The summed E-state index contributed by atoms with van der Waals surface area (Å²) in [6.07, 6.45) is 3.59. The topological polar surface area (TPSA) is 90.0 Å². The van der Waals surface area contributed by atoms with Crippen LogP contribution in [0.4, 0.5) is 5.69 Å². The van der Waals surface area contributed by atoms with Gasteiger partial charge in [0.15, 0.2) is 0 Å². The molecule has 0 aliphatic rings. The van der Waals surface area contributed by atoms with Gasteiger partial charge >= 0.3 is 0 Å². The highest BCUT2D eigenvalue weighted by Crippen LogP contribution is 2.14. The van der Waals surface area contributed by atoms with Gasteiger partial charge < -0.3 is 5.73 Å². The summed E-state index contributed by atoms with van der Waals surface area (Å²) in [5, 5.41) is 4.00. The molecule has 102 valence electrons. The van der Waals surface area contributed by atoms with Gasteiger partial charge in [-0.05, 0) is 25.1 Å². The lowest BCUT2D eigenvalue weighted by molar-refractivity contribution is 0.582. The third kappa shape index (κ3) is 3.55. The van der Waals surface area contributed by atoms with Gasteiger partial charge in [-0.3, -0.25) is 9.40 Å². The van der Waals surface area contributed by atoms with E-state index >= 15 is 0 Å². The second-order valence-corrected chi connectivity index (χ2v) is 5.74. The van der Waals surface area contributed by atoms with E-state index in [-0.39, 0.29) is 4.90 Å². The first-order valence-corrected chi connectivity index (χ1v) is 7.40. The van der Waals surface area contributed by atoms with Gasteiger partial charge in [-0.25, -0.2) is 8.42 Å². The smallest absolute Gasteiger partial charge is 0.265 e. The number of hydrogen-bond donors (Lipinski definition) is 2. The van der Waals surface area contributed by atoms with E-state index in [1.807, 2.05) is 6.07 Å². The van der Waals surface area contributed by atoms with Crippen LogP contribution < -0.4 is 10.5 Å². The Bertz CT molecular complexity index is 622. The van der Waals surface area contributed by atoms with Crippen LogP contribution in [0, 0.1) is 0 Å². The highest BCUT2D eigenvalue weighted by atomic mass is 32.2. The normalized spacial score (nSPS) is 11.4. The molecule has 0 atom stereocenters. The predicted octanol–water partition coefficient (Wildman–Crippen LogP) is 1.03. The standard InChI is InChI=1S/C12H16N4O2S/c13-7-4-8-16-10-12(9-14-16)19(17,18)15-11-5-2-1-3-6-11/h1-3,5-6,9-10,15H,4,7-8,13H2. The van der Waals surface area contributed by atoms with E-state index in [9.17, 15) is 8.42 Å². The first-order chi connectivity index (χ1) is 9.12. The molecule has 7 heteroatoms. The second-order valence-electron chi connectivity index (χ2n) is 4.05. The zero-order chi connectivity index (χ0) is 13.7. The summed E-state index contributed by atoms with van der Waals surface area (Å²) in [7, 11) is -3.58. The second kappa shape index (κ2) is 5.85. The number of benzene rings is 1. The molecule has 0 bridgehead atoms. The number of sulfonamides is 1. The lowest BCUT2D eigenvalue weighted by Crippen LogP contribution is -2.12. The molecule has 6 nitrogen and oxygen atoms in total. The molecule has 0 spiro atoms. The zero-order valence-corrected chi connectivity index (χ0v) is 11.2. The highest BCUT2D eigenvalue weighted by Gasteiger charge is 2.16. The SMILES string of the molecule is NCCCn1cc(S(=O)(=O)Nc2ccccc2)cn1. The molecule has 1 aromatic heterocycles. The molecular formula is C12H16N4O2S. The molecule has 1 aromatic carbocycles. The average molecular weight is 280 g/mol. The molecule has 0 unspecified atom stereocenters. The van der Waals surface area contributed by atoms with Crippen LogP contribution in [0.15, 0.2) is 47.6 Å². The Morgan fingerprint density at radius 1 is 1.26 bits per heavy atom. The van der Waals surface area contributed by atoms with Gasteiger partial charge in [0, 0.05) is 18.4 Å². The average Bonchev–Trinajstić information content (AvgIpc) is 2.86. The summed E-state index contributed by atoms with van der Waals surface area (Å²) < 4.78 is 28.3. The molecule has 0 saturated carbocycles. The van der Waals surface area contributed by atoms with E-state index in [4.69, 9.17) is 5.73 Å². The molecule has 2 aromatic rings. The summed E-state index contributed by atoms with van der Waals surface area (Å²) in [5.41, 5.74) is 5.92. The van der Waals surface area contributed by atoms with Crippen LogP contribution in [-0.4, -0.2) is 24.7 Å². The molecule has 1 heterocycles. The van der Waals surface area contributed by atoms with E-state index < -0.39 is 10.0 Å². The third-order valence-electron chi connectivity index (χ3n) is 2.54. The third-order valence-corrected chi connectivity index (χ3v) is 3.87. The molecule has 0 radical (unpaired) electrons. The van der Waals surface area contributed by atoms with Gasteiger partial charge in [-0.15, -0.1) is 0 Å². The van der Waals surface area contributed by atoms with Crippen molar-refractivity contribution < 1.29 is 8.42 Å². The fourth-order valence-electron chi connectivity index (χ4n) is 1.58. The van der Waals surface area contributed by atoms with Gasteiger partial charge in [-0.2, -0.15) is 5.10 Å². The minimum Gasteiger partial charge on any atom is -0.330 e. The van der Waals surface area contributed by atoms with Crippen molar-refractivity contribution in [2.24, 2.45) is 5.73 Å². The number of aromatic nitrogens is 2. The van der Waals surface area contributed by atoms with Crippen LogP contribution >= 0.6 is 0 Å². The number of nitrogens with two attached hydrogens (primary N) is 1. The summed E-state index contributed by atoms with van der Waals surface area (Å²) in [6.45, 7) is 1.15. The summed E-state index contributed by atoms with van der Waals surface area (Å²) in [5.74, 6) is 0. The first-order valence-electron chi connectivity index (χ1n) is 5.92. The van der Waals surface area contributed by atoms with E-state index in [0.29, 0.717) is 18.8 Å². The van der Waals surface area contributed by atoms with Crippen molar-refractivity contribution in [1.82, 2.24) is 9.78 Å². The van der Waals surface area contributed by atoms with Gasteiger partial charge in [0.1, 0.15) is 4.90 Å². The van der Waals surface area contributed by atoms with E-state index in [2.05, 4.69) is 9.82 Å². The summed E-state index contributed by atoms with van der Waals surface area (Å²) in [6, 6.07) is 8.74. The predicted molar refractivity (Wildman–Crippen MR) is 73.1 cm³/mol. The molecule has 0 fully saturated rings. The Balaban J connectivity index is 2.13. The number of hydrogen-bond acceptors (Lipinski definition) is 4. The molecule has 3 N–H and O–H groups in total. The lowest BCUT2D eigenvalue weighted by atomic mass is 10.3. The maximum atomic E-state index is 12.1. The number of para-hydroxylation sites is 1. The molecular weight excluding hydrogens is 264 g/mol. The Morgan fingerprint density at radius 2 is 2.00 bits per heavy atom. The molecule has 0 aliphatic carbocycles. The maximum absolute atomic E-state index is 12.1. The van der Waals surface area contributed by atoms with Gasteiger partial charge in [-0.1, -0.05) is 18.2 Å². The van der Waals surface area contributed by atoms with Crippen molar-refractivity contribution in [2.45, 2.75) is 17.9 Å². The van der Waals surface area contributed by atoms with Crippen molar-refractivity contribution in [2.75, 3.05) is 11.3 Å². The molecule has 0 amide bonds. The number of anilines is 1. The van der Waals surface area contributed by atoms with Crippen molar-refractivity contribution >= 4 is 15.7 Å². The summed E-state index contributed by atoms with van der Waals surface area (Å²) in [4.78, 5) is 0.147. The van der Waals surface area contributed by atoms with Crippen molar-refractivity contribution in [1.29, 1.82) is 0 Å². The lowest BCUT2D eigenvalue weighted by Gasteiger charge is -2.05. The Kier molecular flexibility index (Phi) is 4.18. The zero-order valence-electron chi connectivity index (χ0n) is 10.4. The Morgan fingerprint density at radius 3 is 2.68 bits per heavy atom. The van der Waals surface area contributed by atoms with Crippen molar-refractivity contribution in [3.05, 3.63) is 42.7 Å². The number of nitrogens with one attached hydrogen (secondary N) is 1. The van der Waals surface area contributed by atoms with Gasteiger partial charge in [0.2, 0.25) is 0 Å². The molecule has 0 saturated heterocycles. The van der Waals surface area contributed by atoms with Crippen LogP contribution in [0.1, 0.15) is 6.42 Å². The van der Waals surface area contributed by atoms with E-state index in [1.165, 1.54) is 12.4 Å². The minimum atomic E-state index is -3.58. The number of rotatable bonds is 6. The van der Waals surface area contributed by atoms with Crippen molar-refractivity contribution in [3.63, 3.8) is 0 Å². The number of nitrogens with zero attached hydrogens (tertiary/aromatic N) is 2. The highest BCUT2D eigenvalue weighted by molar-refractivity contribution is 7.92. The van der Waals surface area contributed by atoms with Crippen molar-refractivity contribution in [3.8, 4) is 0 Å². The van der Waals surface area contributed by atoms with Crippen LogP contribution in [0.2, 0.25) is 0 Å². The molecule has 19 heavy (non-hydrogen) atoms. The fourth-order valence-corrected chi connectivity index (χ4v) is 2.59. The fraction of sp³-hybridized carbons (Fsp3) is 0.250. The largest absolute Gasteiger partial charge is 0.330 e. The quantitative estimate of drug-likeness (QED) is 0.827. The molecule has 2 rings (SSSR count). The number of aryl methyl sites for hydroxylation is 1. The first kappa shape index (κ1) is 13.6. The monoisotopic (exact) mass is 280 g/mol. The Labute approximate surface area is 112 Å². The van der Waals surface area contributed by atoms with Crippen LogP contribution in [-0.2, 0) is 16.6 Å². The van der Waals surface area contributed by atoms with Crippen LogP contribution in [0.3, 0.4) is 0 Å². The van der Waals surface area contributed by atoms with E-state index in [0.717, 1.165) is 6.42 Å². The van der Waals surface area contributed by atoms with Crippen LogP contribution in [0.5, 0.6) is 0 Å².